The van der Waals surface area contributed by atoms with Gasteiger partial charge in [0.1, 0.15) is 6.54 Å². The van der Waals surface area contributed by atoms with Gasteiger partial charge in [0.2, 0.25) is 5.95 Å². The van der Waals surface area contributed by atoms with Gasteiger partial charge in [-0.15, -0.1) is 0 Å². The molecular formula is C21H28N4O3. The standard InChI is InChI=1S/C21H28N4O3/c1-15(2)18-12-25(13-19(28-18)17-7-5-4-6-8-17)11-16-9-22-21(23-10-16)24(3)14-20(26)27/h4-10,15,18-19H,11-14H2,1-3H3,(H,26,27)/t18-,19+/m1/s1. The average molecular weight is 384 g/mol. The number of anilines is 1. The fourth-order valence-electron chi connectivity index (χ4n) is 3.37. The highest BCUT2D eigenvalue weighted by atomic mass is 16.5. The van der Waals surface area contributed by atoms with Crippen molar-refractivity contribution in [1.29, 1.82) is 0 Å². The van der Waals surface area contributed by atoms with Crippen molar-refractivity contribution in [2.24, 2.45) is 5.92 Å². The van der Waals surface area contributed by atoms with Gasteiger partial charge in [0.15, 0.2) is 0 Å². The van der Waals surface area contributed by atoms with Crippen LogP contribution in [-0.4, -0.2) is 58.7 Å². The molecule has 1 aromatic carbocycles. The maximum Gasteiger partial charge on any atom is 0.323 e. The van der Waals surface area contributed by atoms with E-state index in [0.717, 1.165) is 25.2 Å². The molecule has 2 aromatic rings. The van der Waals surface area contributed by atoms with Crippen LogP contribution >= 0.6 is 0 Å². The van der Waals surface area contributed by atoms with E-state index >= 15 is 0 Å². The predicted octanol–water partition coefficient (Wildman–Crippen LogP) is 2.60. The lowest BCUT2D eigenvalue weighted by Crippen LogP contribution is -2.45. The van der Waals surface area contributed by atoms with Crippen molar-refractivity contribution >= 4 is 11.9 Å². The highest BCUT2D eigenvalue weighted by Gasteiger charge is 2.30. The number of rotatable bonds is 7. The van der Waals surface area contributed by atoms with Gasteiger partial charge in [0, 0.05) is 44.6 Å². The van der Waals surface area contributed by atoms with Crippen molar-refractivity contribution in [3.8, 4) is 0 Å². The van der Waals surface area contributed by atoms with Gasteiger partial charge >= 0.3 is 5.97 Å². The van der Waals surface area contributed by atoms with E-state index in [1.165, 1.54) is 10.5 Å². The van der Waals surface area contributed by atoms with Crippen LogP contribution in [0, 0.1) is 5.92 Å². The first-order valence-corrected chi connectivity index (χ1v) is 9.59. The number of ether oxygens (including phenoxy) is 1. The number of nitrogens with zero attached hydrogens (tertiary/aromatic N) is 4. The number of carbonyl (C=O) groups is 1. The van der Waals surface area contributed by atoms with Crippen LogP contribution in [-0.2, 0) is 16.1 Å². The van der Waals surface area contributed by atoms with E-state index in [4.69, 9.17) is 9.84 Å². The van der Waals surface area contributed by atoms with Gasteiger partial charge in [-0.25, -0.2) is 9.97 Å². The second kappa shape index (κ2) is 9.12. The summed E-state index contributed by atoms with van der Waals surface area (Å²) in [5.74, 6) is -0.0668. The molecule has 2 heterocycles. The van der Waals surface area contributed by atoms with E-state index in [2.05, 4.69) is 40.8 Å². The maximum atomic E-state index is 10.8. The Morgan fingerprint density at radius 3 is 2.54 bits per heavy atom. The van der Waals surface area contributed by atoms with Gasteiger partial charge in [-0.05, 0) is 11.5 Å². The second-order valence-corrected chi connectivity index (χ2v) is 7.65. The summed E-state index contributed by atoms with van der Waals surface area (Å²) in [6, 6.07) is 10.3. The number of morpholine rings is 1. The van der Waals surface area contributed by atoms with Gasteiger partial charge in [-0.1, -0.05) is 44.2 Å². The van der Waals surface area contributed by atoms with Crippen LogP contribution in [0.15, 0.2) is 42.7 Å². The van der Waals surface area contributed by atoms with E-state index in [1.807, 2.05) is 18.2 Å². The number of aromatic nitrogens is 2. The summed E-state index contributed by atoms with van der Waals surface area (Å²) in [6.45, 7) is 6.66. The molecule has 0 aliphatic carbocycles. The third kappa shape index (κ3) is 5.27. The number of carboxylic acid groups (broad SMARTS) is 1. The molecule has 1 saturated heterocycles. The molecule has 0 bridgehead atoms. The molecule has 0 amide bonds. The van der Waals surface area contributed by atoms with Gasteiger partial charge < -0.3 is 14.7 Å². The van der Waals surface area contributed by atoms with E-state index in [-0.39, 0.29) is 18.8 Å². The fraction of sp³-hybridized carbons (Fsp3) is 0.476. The highest BCUT2D eigenvalue weighted by Crippen LogP contribution is 2.28. The topological polar surface area (TPSA) is 78.8 Å². The number of hydrogen-bond acceptors (Lipinski definition) is 6. The Morgan fingerprint density at radius 2 is 1.93 bits per heavy atom. The van der Waals surface area contributed by atoms with Gasteiger partial charge in [-0.3, -0.25) is 9.69 Å². The first kappa shape index (κ1) is 20.2. The minimum absolute atomic E-state index is 0.0456. The molecule has 0 saturated carbocycles. The normalized spacial score (nSPS) is 20.3. The third-order valence-corrected chi connectivity index (χ3v) is 4.93. The first-order valence-electron chi connectivity index (χ1n) is 9.59. The summed E-state index contributed by atoms with van der Waals surface area (Å²) in [4.78, 5) is 23.4. The molecule has 7 heteroatoms. The van der Waals surface area contributed by atoms with Crippen molar-refractivity contribution in [1.82, 2.24) is 14.9 Å². The summed E-state index contributed by atoms with van der Waals surface area (Å²) >= 11 is 0. The maximum absolute atomic E-state index is 10.8. The van der Waals surface area contributed by atoms with E-state index < -0.39 is 5.97 Å². The second-order valence-electron chi connectivity index (χ2n) is 7.65. The molecule has 0 spiro atoms. The van der Waals surface area contributed by atoms with Crippen molar-refractivity contribution in [3.05, 3.63) is 53.9 Å². The molecule has 0 unspecified atom stereocenters. The van der Waals surface area contributed by atoms with Crippen LogP contribution in [0.2, 0.25) is 0 Å². The Labute approximate surface area is 166 Å². The zero-order chi connectivity index (χ0) is 20.1. The zero-order valence-corrected chi connectivity index (χ0v) is 16.7. The quantitative estimate of drug-likeness (QED) is 0.786. The fourth-order valence-corrected chi connectivity index (χ4v) is 3.37. The molecule has 1 aliphatic rings. The predicted molar refractivity (Wildman–Crippen MR) is 107 cm³/mol. The Morgan fingerprint density at radius 1 is 1.25 bits per heavy atom. The summed E-state index contributed by atoms with van der Waals surface area (Å²) in [5, 5.41) is 8.89. The minimum atomic E-state index is -0.907. The van der Waals surface area contributed by atoms with E-state index in [0.29, 0.717) is 11.9 Å². The molecule has 2 atom stereocenters. The van der Waals surface area contributed by atoms with Crippen LogP contribution in [0.4, 0.5) is 5.95 Å². The molecule has 1 aromatic heterocycles. The van der Waals surface area contributed by atoms with Crippen LogP contribution in [0.3, 0.4) is 0 Å². The Kier molecular flexibility index (Phi) is 6.59. The van der Waals surface area contributed by atoms with Crippen molar-refractivity contribution in [2.75, 3.05) is 31.6 Å². The number of likely N-dealkylation sites (N-methyl/N-ethyl adjacent to an activating group) is 1. The number of benzene rings is 1. The van der Waals surface area contributed by atoms with Gasteiger partial charge in [0.05, 0.1) is 12.2 Å². The van der Waals surface area contributed by atoms with Gasteiger partial charge in [0.25, 0.3) is 0 Å². The Balaban J connectivity index is 1.69. The highest BCUT2D eigenvalue weighted by molar-refractivity contribution is 5.72. The monoisotopic (exact) mass is 384 g/mol. The van der Waals surface area contributed by atoms with Crippen molar-refractivity contribution < 1.29 is 14.6 Å². The van der Waals surface area contributed by atoms with Crippen LogP contribution in [0.5, 0.6) is 0 Å². The molecule has 1 fully saturated rings. The number of aliphatic carboxylic acids is 1. The SMILES string of the molecule is CC(C)[C@H]1CN(Cc2cnc(N(C)CC(=O)O)nc2)C[C@@H](c2ccccc2)O1. The van der Waals surface area contributed by atoms with Crippen LogP contribution < -0.4 is 4.90 Å². The zero-order valence-electron chi connectivity index (χ0n) is 16.7. The molecule has 3 rings (SSSR count). The summed E-state index contributed by atoms with van der Waals surface area (Å²) < 4.78 is 6.35. The molecule has 150 valence electrons. The summed E-state index contributed by atoms with van der Waals surface area (Å²) in [5.41, 5.74) is 2.20. The number of carboxylic acids is 1. The smallest absolute Gasteiger partial charge is 0.323 e. The van der Waals surface area contributed by atoms with E-state index in [1.54, 1.807) is 19.4 Å². The average Bonchev–Trinajstić information content (AvgIpc) is 2.68. The summed E-state index contributed by atoms with van der Waals surface area (Å²) in [7, 11) is 1.67. The minimum Gasteiger partial charge on any atom is -0.480 e. The largest absolute Gasteiger partial charge is 0.480 e. The lowest BCUT2D eigenvalue weighted by atomic mass is 10.0. The number of hydrogen-bond donors (Lipinski definition) is 1. The van der Waals surface area contributed by atoms with Crippen molar-refractivity contribution in [3.63, 3.8) is 0 Å². The third-order valence-electron chi connectivity index (χ3n) is 4.93. The Bertz CT molecular complexity index is 767. The Hall–Kier alpha value is -2.51. The van der Waals surface area contributed by atoms with E-state index in [9.17, 15) is 4.79 Å². The molecule has 0 radical (unpaired) electrons. The summed E-state index contributed by atoms with van der Waals surface area (Å²) in [6.07, 6.45) is 3.76. The van der Waals surface area contributed by atoms with Gasteiger partial charge in [-0.2, -0.15) is 0 Å². The lowest BCUT2D eigenvalue weighted by molar-refractivity contribution is -0.135. The van der Waals surface area contributed by atoms with Crippen LogP contribution in [0.25, 0.3) is 0 Å². The molecule has 28 heavy (non-hydrogen) atoms. The van der Waals surface area contributed by atoms with Crippen LogP contribution in [0.1, 0.15) is 31.1 Å². The molecule has 1 aliphatic heterocycles. The first-order chi connectivity index (χ1) is 13.4. The molecule has 7 nitrogen and oxygen atoms in total. The molecule has 1 N–H and O–H groups in total. The van der Waals surface area contributed by atoms with Crippen molar-refractivity contribution in [2.45, 2.75) is 32.6 Å². The lowest BCUT2D eigenvalue weighted by Gasteiger charge is -2.40. The molecular weight excluding hydrogens is 356 g/mol.